The summed E-state index contributed by atoms with van der Waals surface area (Å²) in [4.78, 5) is 41.6. The van der Waals surface area contributed by atoms with Crippen LogP contribution >= 0.6 is 11.6 Å². The first-order chi connectivity index (χ1) is 18.5. The molecule has 0 aliphatic carbocycles. The number of urea groups is 1. The Morgan fingerprint density at radius 3 is 2.44 bits per heavy atom. The summed E-state index contributed by atoms with van der Waals surface area (Å²) in [6, 6.07) is 10.1. The number of rotatable bonds is 9. The molecule has 0 fully saturated rings. The summed E-state index contributed by atoms with van der Waals surface area (Å²) in [5.41, 5.74) is -0.801. The Balaban J connectivity index is 1.65. The van der Waals surface area contributed by atoms with E-state index in [0.717, 1.165) is 13.2 Å². The minimum absolute atomic E-state index is 0.00720. The molecule has 14 heteroatoms. The molecule has 204 valence electrons. The average Bonchev–Trinajstić information content (AvgIpc) is 2.91. The average molecular weight is 566 g/mol. The largest absolute Gasteiger partial charge is 0.480 e. The lowest BCUT2D eigenvalue weighted by Gasteiger charge is -2.17. The predicted molar refractivity (Wildman–Crippen MR) is 133 cm³/mol. The maximum atomic E-state index is 13.3. The highest BCUT2D eigenvalue weighted by atomic mass is 35.5. The molecule has 0 aliphatic heterocycles. The molecule has 0 spiro atoms. The van der Waals surface area contributed by atoms with Crippen LogP contribution in [0.2, 0.25) is 5.02 Å². The van der Waals surface area contributed by atoms with Crippen LogP contribution < -0.4 is 25.1 Å². The number of nitrogens with one attached hydrogen (secondary N) is 3. The van der Waals surface area contributed by atoms with Crippen LogP contribution in [0.25, 0.3) is 0 Å². The normalized spacial score (nSPS) is 10.8. The van der Waals surface area contributed by atoms with Crippen LogP contribution in [0.15, 0.2) is 54.7 Å². The van der Waals surface area contributed by atoms with E-state index in [1.54, 1.807) is 30.3 Å². The third-order valence-corrected chi connectivity index (χ3v) is 5.25. The number of benzene rings is 2. The highest BCUT2D eigenvalue weighted by Gasteiger charge is 2.34. The van der Waals surface area contributed by atoms with Gasteiger partial charge in [0.2, 0.25) is 0 Å². The molecule has 0 saturated heterocycles. The van der Waals surface area contributed by atoms with Crippen LogP contribution in [0, 0.1) is 0 Å². The minimum Gasteiger partial charge on any atom is -0.480 e. The lowest BCUT2D eigenvalue weighted by Crippen LogP contribution is -2.71. The molecular formula is C25H21ClF3N4O6+. The van der Waals surface area contributed by atoms with Crippen molar-refractivity contribution in [2.24, 2.45) is 0 Å². The van der Waals surface area contributed by atoms with Gasteiger partial charge in [0.05, 0.1) is 23.4 Å². The van der Waals surface area contributed by atoms with E-state index in [9.17, 15) is 27.6 Å². The number of hydrogen-bond donors (Lipinski definition) is 3. The fourth-order valence-corrected chi connectivity index (χ4v) is 3.30. The number of carbonyl (C=O) groups is 3. The summed E-state index contributed by atoms with van der Waals surface area (Å²) in [6.07, 6.45) is -3.40. The van der Waals surface area contributed by atoms with E-state index in [4.69, 9.17) is 21.1 Å². The van der Waals surface area contributed by atoms with E-state index in [1.165, 1.54) is 12.3 Å². The van der Waals surface area contributed by atoms with Crippen molar-refractivity contribution in [2.75, 3.05) is 19.0 Å². The van der Waals surface area contributed by atoms with E-state index in [-0.39, 0.29) is 23.7 Å². The summed E-state index contributed by atoms with van der Waals surface area (Å²) in [6.45, 7) is 2.68. The molecule has 1 aromatic heterocycles. The Kier molecular flexibility index (Phi) is 9.44. The minimum atomic E-state index is -4.80. The zero-order valence-corrected chi connectivity index (χ0v) is 21.0. The summed E-state index contributed by atoms with van der Waals surface area (Å²) in [5, 5.41) is 4.10. The van der Waals surface area contributed by atoms with Crippen LogP contribution in [0.3, 0.4) is 0 Å². The summed E-state index contributed by atoms with van der Waals surface area (Å²) < 4.78 is 55.3. The van der Waals surface area contributed by atoms with Gasteiger partial charge in [0.15, 0.2) is 12.3 Å². The predicted octanol–water partition coefficient (Wildman–Crippen LogP) is 3.34. The number of pyridine rings is 1. The molecule has 0 aliphatic rings. The van der Waals surface area contributed by atoms with Crippen LogP contribution in [0.1, 0.15) is 21.6 Å². The zero-order chi connectivity index (χ0) is 28.6. The van der Waals surface area contributed by atoms with E-state index < -0.39 is 41.3 Å². The Morgan fingerprint density at radius 1 is 1.08 bits per heavy atom. The highest BCUT2D eigenvalue weighted by molar-refractivity contribution is 6.31. The zero-order valence-electron chi connectivity index (χ0n) is 20.2. The maximum absolute atomic E-state index is 13.3. The number of carbonyl (C=O) groups excluding carboxylic acids is 3. The Bertz CT molecular complexity index is 1380. The highest BCUT2D eigenvalue weighted by Crippen LogP contribution is 2.40. The van der Waals surface area contributed by atoms with Gasteiger partial charge in [-0.1, -0.05) is 23.7 Å². The van der Waals surface area contributed by atoms with Gasteiger partial charge in [0.1, 0.15) is 24.0 Å². The topological polar surface area (TPSA) is 130 Å². The third kappa shape index (κ3) is 8.17. The third-order valence-electron chi connectivity index (χ3n) is 4.93. The molecule has 0 unspecified atom stereocenters. The monoisotopic (exact) mass is 565 g/mol. The lowest BCUT2D eigenvalue weighted by atomic mass is 10.1. The van der Waals surface area contributed by atoms with Crippen LogP contribution in [-0.2, 0) is 22.3 Å². The number of amides is 3. The van der Waals surface area contributed by atoms with E-state index in [0.29, 0.717) is 23.1 Å². The van der Waals surface area contributed by atoms with Crippen molar-refractivity contribution in [3.8, 4) is 17.2 Å². The fourth-order valence-electron chi connectivity index (χ4n) is 3.03. The van der Waals surface area contributed by atoms with Gasteiger partial charge in [0.25, 0.3) is 0 Å². The van der Waals surface area contributed by atoms with Crippen molar-refractivity contribution in [3.63, 3.8) is 0 Å². The second-order valence-corrected chi connectivity index (χ2v) is 8.03. The Morgan fingerprint density at radius 2 is 1.79 bits per heavy atom. The first-order valence-electron chi connectivity index (χ1n) is 11.0. The molecule has 0 bridgehead atoms. The van der Waals surface area contributed by atoms with Crippen molar-refractivity contribution >= 4 is 41.9 Å². The van der Waals surface area contributed by atoms with Gasteiger partial charge in [-0.3, -0.25) is 0 Å². The van der Waals surface area contributed by atoms with Crippen molar-refractivity contribution in [1.82, 2.24) is 10.3 Å². The van der Waals surface area contributed by atoms with E-state index >= 15 is 0 Å². The Hall–Kier alpha value is -4.65. The van der Waals surface area contributed by atoms with Crippen LogP contribution in [0.5, 0.6) is 17.2 Å². The van der Waals surface area contributed by atoms with Crippen LogP contribution in [0.4, 0.5) is 23.7 Å². The SMILES string of the molecule is C=[NH+]C(=O)c1cc(Oc2ccc(CNC(=O)Nc3cc(C(F)(F)F)c(Cl)cc3OCC(=O)OC)cc2)ccn1. The molecule has 3 rings (SSSR count). The molecule has 0 atom stereocenters. The van der Waals surface area contributed by atoms with E-state index in [2.05, 4.69) is 32.1 Å². The first kappa shape index (κ1) is 28.9. The van der Waals surface area contributed by atoms with Crippen molar-refractivity contribution in [3.05, 3.63) is 76.6 Å². The molecule has 10 nitrogen and oxygen atoms in total. The number of alkyl halides is 3. The van der Waals surface area contributed by atoms with Gasteiger partial charge in [-0.2, -0.15) is 18.2 Å². The van der Waals surface area contributed by atoms with Crippen molar-refractivity contribution in [2.45, 2.75) is 12.7 Å². The van der Waals surface area contributed by atoms with Gasteiger partial charge in [-0.25, -0.2) is 19.4 Å². The summed E-state index contributed by atoms with van der Waals surface area (Å²) in [7, 11) is 1.11. The first-order valence-corrected chi connectivity index (χ1v) is 11.3. The lowest BCUT2D eigenvalue weighted by molar-refractivity contribution is -0.334. The molecular weight excluding hydrogens is 545 g/mol. The van der Waals surface area contributed by atoms with E-state index in [1.807, 2.05) is 0 Å². The Labute approximate surface area is 224 Å². The number of esters is 1. The number of aromatic nitrogens is 1. The molecule has 0 saturated carbocycles. The van der Waals surface area contributed by atoms with Crippen LogP contribution in [-0.4, -0.2) is 43.3 Å². The molecule has 3 aromatic rings. The maximum Gasteiger partial charge on any atom is 0.435 e. The fraction of sp³-hybridized carbons (Fsp3) is 0.160. The summed E-state index contributed by atoms with van der Waals surface area (Å²) in [5.74, 6) is -0.733. The molecule has 1 heterocycles. The molecule has 3 N–H and O–H groups in total. The molecule has 0 radical (unpaired) electrons. The standard InChI is InChI=1S/C25H20ClF3N4O6/c1-30-23(35)20-9-16(7-8-31-20)39-15-5-3-14(4-6-15)12-32-24(36)33-19-10-17(25(27,28)29)18(26)11-21(19)38-13-22(34)37-2/h3-11H,1,12-13H2,2H3,(H2,32,33,36)/p+1. The molecule has 39 heavy (non-hydrogen) atoms. The second-order valence-electron chi connectivity index (χ2n) is 7.63. The number of ether oxygens (including phenoxy) is 3. The smallest absolute Gasteiger partial charge is 0.435 e. The van der Waals surface area contributed by atoms with Gasteiger partial charge < -0.3 is 24.8 Å². The number of hydrogen-bond acceptors (Lipinski definition) is 7. The molecule has 3 amide bonds. The molecule has 2 aromatic carbocycles. The number of nitrogens with zero attached hydrogens (tertiary/aromatic N) is 1. The summed E-state index contributed by atoms with van der Waals surface area (Å²) >= 11 is 5.73. The van der Waals surface area contributed by atoms with Gasteiger partial charge in [-0.05, 0) is 29.8 Å². The number of anilines is 1. The quantitative estimate of drug-likeness (QED) is 0.268. The number of halogens is 4. The van der Waals surface area contributed by atoms with Crippen molar-refractivity contribution in [1.29, 1.82) is 0 Å². The van der Waals surface area contributed by atoms with Crippen molar-refractivity contribution < 1.29 is 46.8 Å². The van der Waals surface area contributed by atoms with Gasteiger partial charge in [0, 0.05) is 24.9 Å². The van der Waals surface area contributed by atoms with Gasteiger partial charge in [-0.15, -0.1) is 0 Å². The van der Waals surface area contributed by atoms with Gasteiger partial charge >= 0.3 is 24.1 Å². The number of methoxy groups -OCH3 is 1. The second kappa shape index (κ2) is 12.7.